The zero-order chi connectivity index (χ0) is 28.5. The molecule has 0 saturated heterocycles. The highest BCUT2D eigenvalue weighted by Crippen LogP contribution is 2.52. The molecule has 0 saturated carbocycles. The van der Waals surface area contributed by atoms with Crippen molar-refractivity contribution in [2.75, 3.05) is 31.4 Å². The van der Waals surface area contributed by atoms with Crippen molar-refractivity contribution in [3.8, 4) is 6.07 Å². The quantitative estimate of drug-likeness (QED) is 0.380. The highest BCUT2D eigenvalue weighted by Gasteiger charge is 2.46. The number of nitrogens with zero attached hydrogens (tertiary/aromatic N) is 3. The third-order valence-corrected chi connectivity index (χ3v) is 7.94. The number of hydrogen-bond donors (Lipinski definition) is 2. The van der Waals surface area contributed by atoms with Gasteiger partial charge in [0.1, 0.15) is 0 Å². The fourth-order valence-electron chi connectivity index (χ4n) is 5.08. The molecule has 2 N–H and O–H groups in total. The highest BCUT2D eigenvalue weighted by molar-refractivity contribution is 8.23. The summed E-state index contributed by atoms with van der Waals surface area (Å²) in [4.78, 5) is 30.2. The van der Waals surface area contributed by atoms with E-state index in [0.717, 1.165) is 17.0 Å². The van der Waals surface area contributed by atoms with Gasteiger partial charge in [0, 0.05) is 49.8 Å². The molecule has 1 aliphatic heterocycles. The number of alkyl halides is 3. The second kappa shape index (κ2) is 11.0. The van der Waals surface area contributed by atoms with Crippen LogP contribution >= 0.6 is 10.6 Å². The first-order chi connectivity index (χ1) is 18.4. The number of anilines is 1. The number of halogens is 3. The van der Waals surface area contributed by atoms with Gasteiger partial charge >= 0.3 is 12.2 Å². The summed E-state index contributed by atoms with van der Waals surface area (Å²) in [5.74, 6) is -0.287. The zero-order valence-corrected chi connectivity index (χ0v) is 22.2. The molecular weight excluding hydrogens is 535 g/mol. The van der Waals surface area contributed by atoms with Gasteiger partial charge in [-0.1, -0.05) is 12.1 Å². The van der Waals surface area contributed by atoms with E-state index in [0.29, 0.717) is 12.8 Å². The Morgan fingerprint density at radius 2 is 1.90 bits per heavy atom. The maximum absolute atomic E-state index is 14.1. The van der Waals surface area contributed by atoms with Crippen molar-refractivity contribution in [3.63, 3.8) is 0 Å². The van der Waals surface area contributed by atoms with Crippen molar-refractivity contribution in [2.24, 2.45) is 0 Å². The third kappa shape index (κ3) is 5.67. The van der Waals surface area contributed by atoms with E-state index in [9.17, 15) is 37.1 Å². The molecule has 2 aliphatic rings. The van der Waals surface area contributed by atoms with Crippen LogP contribution < -0.4 is 4.90 Å². The third-order valence-electron chi connectivity index (χ3n) is 6.75. The topological polar surface area (TPSA) is 114 Å². The zero-order valence-electron chi connectivity index (χ0n) is 21.4. The van der Waals surface area contributed by atoms with Crippen molar-refractivity contribution in [1.82, 2.24) is 4.90 Å². The molecule has 1 aliphatic carbocycles. The molecule has 0 spiro atoms. The summed E-state index contributed by atoms with van der Waals surface area (Å²) in [6.07, 6.45) is -2.26. The van der Waals surface area contributed by atoms with Crippen LogP contribution in [0.15, 0.2) is 58.6 Å². The number of allylic oxidation sites excluding steroid dienone is 1. The number of amides is 2. The lowest BCUT2D eigenvalue weighted by Gasteiger charge is -2.46. The number of Topliss-reactive ketones (excluding diaryl/α,β-unsaturated/α-hetero) is 1. The molecule has 1 heterocycles. The summed E-state index contributed by atoms with van der Waals surface area (Å²) in [5, 5.41) is 9.40. The fraction of sp³-hybridized carbons (Fsp3) is 0.370. The molecule has 1 atom stereocenters. The van der Waals surface area contributed by atoms with Gasteiger partial charge in [-0.25, -0.2) is 4.79 Å². The second-order valence-corrected chi connectivity index (χ2v) is 11.6. The normalized spacial score (nSPS) is 18.8. The van der Waals surface area contributed by atoms with E-state index < -0.39 is 34.4 Å². The molecule has 39 heavy (non-hydrogen) atoms. The summed E-state index contributed by atoms with van der Waals surface area (Å²) in [5.41, 5.74) is -0.0182. The van der Waals surface area contributed by atoms with Gasteiger partial charge in [0.25, 0.3) is 0 Å². The smallest absolute Gasteiger partial charge is 0.385 e. The number of carbonyl (C=O) groups excluding carboxylic acids is 2. The minimum atomic E-state index is -4.64. The first-order valence-electron chi connectivity index (χ1n) is 12.2. The van der Waals surface area contributed by atoms with Crippen LogP contribution in [-0.2, 0) is 15.7 Å². The molecule has 0 aromatic heterocycles. The molecule has 2 amide bonds. The van der Waals surface area contributed by atoms with Gasteiger partial charge in [0.2, 0.25) is 0 Å². The summed E-state index contributed by atoms with van der Waals surface area (Å²) in [6, 6.07) is 8.96. The average Bonchev–Trinajstić information content (AvgIpc) is 2.88. The molecule has 0 fully saturated rings. The Morgan fingerprint density at radius 3 is 2.54 bits per heavy atom. The van der Waals surface area contributed by atoms with E-state index in [1.165, 1.54) is 48.6 Å². The number of nitriles is 1. The standard InChI is InChI=1S/C27H28F3N3O5S/c1-38-13-5-12-32-25(20-11-10-17(16-31)14-23(20)39(2,36)37)24-21(8-4-9-22(24)34)33(26(32)35)19-7-3-6-18(15-19)27(28,29)30/h3,6-7,10-11,14-15,25,36-37H,4-5,8-9,12-13H2,1-2H3. The second-order valence-electron chi connectivity index (χ2n) is 9.44. The lowest BCUT2D eigenvalue weighted by Crippen LogP contribution is -2.52. The van der Waals surface area contributed by atoms with E-state index in [1.54, 1.807) is 0 Å². The van der Waals surface area contributed by atoms with Gasteiger partial charge in [-0.3, -0.25) is 18.8 Å². The van der Waals surface area contributed by atoms with Crippen LogP contribution in [0, 0.1) is 11.3 Å². The molecular formula is C27H28F3N3O5S. The first-order valence-corrected chi connectivity index (χ1v) is 14.1. The molecule has 0 radical (unpaired) electrons. The summed E-state index contributed by atoms with van der Waals surface area (Å²) in [6.45, 7) is 0.336. The molecule has 0 bridgehead atoms. The number of rotatable bonds is 7. The number of urea groups is 1. The molecule has 4 rings (SSSR count). The van der Waals surface area contributed by atoms with Crippen LogP contribution in [0.3, 0.4) is 0 Å². The Morgan fingerprint density at radius 1 is 1.15 bits per heavy atom. The number of carbonyl (C=O) groups is 2. The summed E-state index contributed by atoms with van der Waals surface area (Å²) >= 11 is 0. The van der Waals surface area contributed by atoms with Crippen molar-refractivity contribution in [2.45, 2.75) is 42.8 Å². The Balaban J connectivity index is 1.99. The van der Waals surface area contributed by atoms with Gasteiger partial charge in [-0.2, -0.15) is 29.0 Å². The Hall–Kier alpha value is -3.37. The van der Waals surface area contributed by atoms with E-state index in [4.69, 9.17) is 4.74 Å². The van der Waals surface area contributed by atoms with E-state index in [2.05, 4.69) is 0 Å². The van der Waals surface area contributed by atoms with E-state index >= 15 is 0 Å². The number of ketones is 1. The Bertz CT molecular complexity index is 1360. The van der Waals surface area contributed by atoms with Crippen LogP contribution in [0.25, 0.3) is 0 Å². The molecule has 208 valence electrons. The largest absolute Gasteiger partial charge is 0.416 e. The number of benzene rings is 2. The van der Waals surface area contributed by atoms with Crippen molar-refractivity contribution in [1.29, 1.82) is 5.26 Å². The fourth-order valence-corrected chi connectivity index (χ4v) is 6.06. The van der Waals surface area contributed by atoms with Crippen molar-refractivity contribution in [3.05, 3.63) is 70.4 Å². The average molecular weight is 564 g/mol. The van der Waals surface area contributed by atoms with Crippen LogP contribution in [0.5, 0.6) is 0 Å². The van der Waals surface area contributed by atoms with Crippen LogP contribution in [0.2, 0.25) is 0 Å². The first kappa shape index (κ1) is 28.6. The van der Waals surface area contributed by atoms with Crippen molar-refractivity contribution < 1.29 is 36.6 Å². The minimum Gasteiger partial charge on any atom is -0.385 e. The van der Waals surface area contributed by atoms with Crippen LogP contribution in [0.4, 0.5) is 23.7 Å². The lowest BCUT2D eigenvalue weighted by molar-refractivity contribution is -0.137. The van der Waals surface area contributed by atoms with Gasteiger partial charge in [-0.05, 0) is 49.6 Å². The molecule has 1 unspecified atom stereocenters. The SMILES string of the molecule is COCCCN1C(=O)N(c2cccc(C(F)(F)F)c2)C2=C(C(=O)CCC2)C1c1ccc(C#N)cc1S(C)(O)O. The predicted molar refractivity (Wildman–Crippen MR) is 139 cm³/mol. The van der Waals surface area contributed by atoms with Gasteiger partial charge in [-0.15, -0.1) is 0 Å². The van der Waals surface area contributed by atoms with Crippen LogP contribution in [-0.4, -0.2) is 52.3 Å². The molecule has 12 heteroatoms. The van der Waals surface area contributed by atoms with Crippen LogP contribution in [0.1, 0.15) is 48.4 Å². The summed E-state index contributed by atoms with van der Waals surface area (Å²) < 4.78 is 67.1. The minimum absolute atomic E-state index is 0.0213. The number of hydrogen-bond acceptors (Lipinski definition) is 6. The predicted octanol–water partition coefficient (Wildman–Crippen LogP) is 6.34. The molecule has 8 nitrogen and oxygen atoms in total. The van der Waals surface area contributed by atoms with E-state index in [-0.39, 0.29) is 64.8 Å². The Kier molecular flexibility index (Phi) is 8.09. The van der Waals surface area contributed by atoms with Gasteiger partial charge in [0.15, 0.2) is 5.78 Å². The Labute approximate surface area is 225 Å². The maximum atomic E-state index is 14.1. The number of ether oxygens (including phenoxy) is 1. The van der Waals surface area contributed by atoms with Gasteiger partial charge < -0.3 is 9.64 Å². The monoisotopic (exact) mass is 563 g/mol. The highest BCUT2D eigenvalue weighted by atomic mass is 32.3. The molecule has 2 aromatic carbocycles. The maximum Gasteiger partial charge on any atom is 0.416 e. The summed E-state index contributed by atoms with van der Waals surface area (Å²) in [7, 11) is -1.92. The van der Waals surface area contributed by atoms with Gasteiger partial charge in [0.05, 0.1) is 33.8 Å². The van der Waals surface area contributed by atoms with E-state index in [1.807, 2.05) is 6.07 Å². The lowest BCUT2D eigenvalue weighted by atomic mass is 9.83. The van der Waals surface area contributed by atoms with Crippen molar-refractivity contribution >= 4 is 28.1 Å². The molecule has 2 aromatic rings. The number of methoxy groups -OCH3 is 1.